The fraction of sp³-hybridized carbons (Fsp3) is 0.500. The summed E-state index contributed by atoms with van der Waals surface area (Å²) in [5.41, 5.74) is 3.17. The van der Waals surface area contributed by atoms with Crippen molar-refractivity contribution in [1.82, 2.24) is 0 Å². The van der Waals surface area contributed by atoms with Crippen LogP contribution in [0.15, 0.2) is 11.6 Å². The van der Waals surface area contributed by atoms with Gasteiger partial charge in [0.15, 0.2) is 5.75 Å². The Balaban J connectivity index is 2.44. The maximum atomic E-state index is 12.4. The number of rotatable bonds is 11. The predicted octanol–water partition coefficient (Wildman–Crippen LogP) is 4.50. The first-order chi connectivity index (χ1) is 14.3. The maximum Gasteiger partial charge on any atom is 0.342 e. The Morgan fingerprint density at radius 3 is 2.57 bits per heavy atom. The van der Waals surface area contributed by atoms with Crippen LogP contribution in [0.25, 0.3) is 0 Å². The average molecular weight is 483 g/mol. The minimum Gasteiger partial charge on any atom is -0.496 e. The number of aliphatic carboxylic acids is 1. The zero-order valence-corrected chi connectivity index (χ0v) is 19.1. The van der Waals surface area contributed by atoms with Crippen LogP contribution in [0.2, 0.25) is 0 Å². The number of alkyl halides is 1. The molecule has 1 heterocycles. The number of unbranched alkanes of at least 4 members (excludes halogenated alkanes) is 1. The van der Waals surface area contributed by atoms with E-state index in [0.717, 1.165) is 22.9 Å². The molecule has 0 atom stereocenters. The molecular formula is C22H27BrO7. The summed E-state index contributed by atoms with van der Waals surface area (Å²) in [4.78, 5) is 35.7. The molecule has 0 bridgehead atoms. The molecule has 0 aromatic heterocycles. The number of carbonyl (C=O) groups excluding carboxylic acids is 2. The van der Waals surface area contributed by atoms with Crippen LogP contribution in [0.3, 0.4) is 0 Å². The predicted molar refractivity (Wildman–Crippen MR) is 114 cm³/mol. The molecule has 0 unspecified atom stereocenters. The largest absolute Gasteiger partial charge is 0.496 e. The number of allylic oxidation sites excluding steroid dienone is 2. The zero-order chi connectivity index (χ0) is 22.3. The van der Waals surface area contributed by atoms with Crippen LogP contribution in [-0.4, -0.2) is 35.5 Å². The van der Waals surface area contributed by atoms with Crippen molar-refractivity contribution >= 4 is 33.8 Å². The molecule has 2 rings (SSSR count). The van der Waals surface area contributed by atoms with Gasteiger partial charge in [-0.15, -0.1) is 0 Å². The molecule has 0 spiro atoms. The van der Waals surface area contributed by atoms with Gasteiger partial charge in [-0.1, -0.05) is 27.6 Å². The first kappa shape index (κ1) is 23.9. The van der Waals surface area contributed by atoms with Crippen molar-refractivity contribution in [3.8, 4) is 11.5 Å². The second-order valence-electron chi connectivity index (χ2n) is 7.16. The monoisotopic (exact) mass is 482 g/mol. The van der Waals surface area contributed by atoms with Gasteiger partial charge in [-0.2, -0.15) is 0 Å². The van der Waals surface area contributed by atoms with Gasteiger partial charge in [-0.05, 0) is 45.1 Å². The lowest BCUT2D eigenvalue weighted by molar-refractivity contribution is -0.137. The standard InChI is InChI=1S/C22H27BrO7/c1-13(8-10-17(24)25)7-9-15-20(28-3)14(2)16-12-29-22(27)19(16)21(15)30-18(26)6-4-5-11-23/h7H,4-6,8-12H2,1-3H3,(H,24,25)/b13-7+. The first-order valence-electron chi connectivity index (χ1n) is 9.83. The maximum absolute atomic E-state index is 12.4. The Morgan fingerprint density at radius 1 is 1.20 bits per heavy atom. The number of carboxylic acids is 1. The summed E-state index contributed by atoms with van der Waals surface area (Å²) < 4.78 is 16.5. The molecule has 0 amide bonds. The van der Waals surface area contributed by atoms with E-state index in [1.165, 1.54) is 7.11 Å². The molecule has 0 radical (unpaired) electrons. The third kappa shape index (κ3) is 5.84. The fourth-order valence-electron chi connectivity index (χ4n) is 3.33. The Hall–Kier alpha value is -2.35. The van der Waals surface area contributed by atoms with Crippen LogP contribution in [0.5, 0.6) is 11.5 Å². The van der Waals surface area contributed by atoms with E-state index < -0.39 is 17.9 Å². The van der Waals surface area contributed by atoms with E-state index in [-0.39, 0.29) is 30.8 Å². The van der Waals surface area contributed by atoms with Gasteiger partial charge in [0.05, 0.1) is 7.11 Å². The van der Waals surface area contributed by atoms with Crippen LogP contribution in [0.1, 0.15) is 66.1 Å². The molecule has 1 aliphatic rings. The third-order valence-corrected chi connectivity index (χ3v) is 5.56. The Labute approximate surface area is 184 Å². The summed E-state index contributed by atoms with van der Waals surface area (Å²) in [6, 6.07) is 0. The summed E-state index contributed by atoms with van der Waals surface area (Å²) in [7, 11) is 1.53. The molecule has 7 nitrogen and oxygen atoms in total. The molecular weight excluding hydrogens is 456 g/mol. The lowest BCUT2D eigenvalue weighted by Crippen LogP contribution is -2.14. The Bertz CT molecular complexity index is 858. The summed E-state index contributed by atoms with van der Waals surface area (Å²) >= 11 is 3.34. The van der Waals surface area contributed by atoms with Gasteiger partial charge in [0, 0.05) is 29.3 Å². The highest BCUT2D eigenvalue weighted by Gasteiger charge is 2.34. The van der Waals surface area contributed by atoms with Crippen LogP contribution in [0, 0.1) is 6.92 Å². The second kappa shape index (κ2) is 11.2. The summed E-state index contributed by atoms with van der Waals surface area (Å²) in [6.45, 7) is 3.79. The van der Waals surface area contributed by atoms with Gasteiger partial charge >= 0.3 is 17.9 Å². The minimum absolute atomic E-state index is 0.0322. The van der Waals surface area contributed by atoms with E-state index in [1.54, 1.807) is 0 Å². The van der Waals surface area contributed by atoms with Gasteiger partial charge in [0.25, 0.3) is 0 Å². The zero-order valence-electron chi connectivity index (χ0n) is 17.5. The third-order valence-electron chi connectivity index (χ3n) is 4.99. The fourth-order valence-corrected chi connectivity index (χ4v) is 3.73. The normalized spacial score (nSPS) is 13.1. The number of fused-ring (bicyclic) bond motifs is 1. The number of halogens is 1. The van der Waals surface area contributed by atoms with Crippen molar-refractivity contribution in [2.75, 3.05) is 12.4 Å². The number of methoxy groups -OCH3 is 1. The van der Waals surface area contributed by atoms with E-state index in [2.05, 4.69) is 15.9 Å². The van der Waals surface area contributed by atoms with Gasteiger partial charge in [-0.3, -0.25) is 9.59 Å². The number of carboxylic acid groups (broad SMARTS) is 1. The Kier molecular flexibility index (Phi) is 8.89. The topological polar surface area (TPSA) is 99.1 Å². The van der Waals surface area contributed by atoms with E-state index in [9.17, 15) is 14.4 Å². The summed E-state index contributed by atoms with van der Waals surface area (Å²) in [5.74, 6) is -1.09. The Morgan fingerprint density at radius 2 is 1.93 bits per heavy atom. The van der Waals surface area contributed by atoms with E-state index in [0.29, 0.717) is 36.1 Å². The van der Waals surface area contributed by atoms with Crippen molar-refractivity contribution in [1.29, 1.82) is 0 Å². The lowest BCUT2D eigenvalue weighted by atomic mass is 9.94. The van der Waals surface area contributed by atoms with Crippen molar-refractivity contribution < 1.29 is 33.7 Å². The number of esters is 2. The molecule has 0 aliphatic carbocycles. The van der Waals surface area contributed by atoms with Crippen LogP contribution in [-0.2, 0) is 27.4 Å². The lowest BCUT2D eigenvalue weighted by Gasteiger charge is -2.18. The van der Waals surface area contributed by atoms with Gasteiger partial charge < -0.3 is 19.3 Å². The van der Waals surface area contributed by atoms with Crippen molar-refractivity contribution in [3.63, 3.8) is 0 Å². The van der Waals surface area contributed by atoms with Crippen LogP contribution < -0.4 is 9.47 Å². The highest BCUT2D eigenvalue weighted by molar-refractivity contribution is 9.09. The van der Waals surface area contributed by atoms with Crippen molar-refractivity contribution in [2.24, 2.45) is 0 Å². The number of ether oxygens (including phenoxy) is 3. The van der Waals surface area contributed by atoms with Crippen LogP contribution in [0.4, 0.5) is 0 Å². The highest BCUT2D eigenvalue weighted by Crippen LogP contribution is 2.43. The number of benzene rings is 1. The smallest absolute Gasteiger partial charge is 0.342 e. The number of carbonyl (C=O) groups is 3. The minimum atomic E-state index is -0.866. The second-order valence-corrected chi connectivity index (χ2v) is 7.96. The van der Waals surface area contributed by atoms with E-state index in [1.807, 2.05) is 19.9 Å². The molecule has 164 valence electrons. The SMILES string of the molecule is COc1c(C)c2c(c(OC(=O)CCCCBr)c1C/C=C(\C)CCC(=O)O)C(=O)OC2. The van der Waals surface area contributed by atoms with E-state index in [4.69, 9.17) is 19.3 Å². The van der Waals surface area contributed by atoms with E-state index >= 15 is 0 Å². The number of hydrogen-bond donors (Lipinski definition) is 1. The molecule has 1 aromatic carbocycles. The summed E-state index contributed by atoms with van der Waals surface area (Å²) in [6.07, 6.45) is 4.39. The van der Waals surface area contributed by atoms with Crippen molar-refractivity contribution in [2.45, 2.75) is 59.0 Å². The van der Waals surface area contributed by atoms with Gasteiger partial charge in [0.1, 0.15) is 17.9 Å². The molecule has 8 heteroatoms. The quantitative estimate of drug-likeness (QED) is 0.163. The molecule has 0 saturated heterocycles. The first-order valence-corrected chi connectivity index (χ1v) is 11.0. The van der Waals surface area contributed by atoms with Crippen molar-refractivity contribution in [3.05, 3.63) is 33.9 Å². The molecule has 1 aliphatic heterocycles. The van der Waals surface area contributed by atoms with Crippen LogP contribution >= 0.6 is 15.9 Å². The number of hydrogen-bond acceptors (Lipinski definition) is 6. The molecule has 0 saturated carbocycles. The molecule has 0 fully saturated rings. The molecule has 1 N–H and O–H groups in total. The highest BCUT2D eigenvalue weighted by atomic mass is 79.9. The molecule has 30 heavy (non-hydrogen) atoms. The summed E-state index contributed by atoms with van der Waals surface area (Å²) in [5, 5.41) is 9.67. The average Bonchev–Trinajstić information content (AvgIpc) is 3.09. The molecule has 1 aromatic rings. The van der Waals surface area contributed by atoms with Gasteiger partial charge in [0.2, 0.25) is 0 Å². The number of cyclic esters (lactones) is 1. The van der Waals surface area contributed by atoms with Gasteiger partial charge in [-0.25, -0.2) is 4.79 Å².